The summed E-state index contributed by atoms with van der Waals surface area (Å²) in [7, 11) is 1.88. The molecule has 136 valence electrons. The Labute approximate surface area is 147 Å². The number of rotatable bonds is 7. The maximum absolute atomic E-state index is 12.2. The largest absolute Gasteiger partial charge is 0.465 e. The van der Waals surface area contributed by atoms with Gasteiger partial charge < -0.3 is 19.0 Å². The maximum Gasteiger partial charge on any atom is 0.220 e. The van der Waals surface area contributed by atoms with Crippen LogP contribution in [0, 0.1) is 6.92 Å². The summed E-state index contributed by atoms with van der Waals surface area (Å²) in [5, 5.41) is 10.9. The SMILES string of the molecule is Cc1ccc(C(CNC(=O)CCc2nncn2C)N2CCOCC2)o1. The lowest BCUT2D eigenvalue weighted by Gasteiger charge is -2.33. The van der Waals surface area contributed by atoms with Crippen LogP contribution in [0.5, 0.6) is 0 Å². The lowest BCUT2D eigenvalue weighted by molar-refractivity contribution is -0.121. The van der Waals surface area contributed by atoms with Crippen LogP contribution in [-0.4, -0.2) is 58.4 Å². The van der Waals surface area contributed by atoms with Crippen LogP contribution in [-0.2, 0) is 23.0 Å². The fraction of sp³-hybridized carbons (Fsp3) is 0.588. The highest BCUT2D eigenvalue weighted by Gasteiger charge is 2.25. The predicted molar refractivity (Wildman–Crippen MR) is 90.9 cm³/mol. The van der Waals surface area contributed by atoms with Gasteiger partial charge in [0, 0.05) is 39.5 Å². The summed E-state index contributed by atoms with van der Waals surface area (Å²) >= 11 is 0. The lowest BCUT2D eigenvalue weighted by atomic mass is 10.1. The number of amides is 1. The number of morpholine rings is 1. The highest BCUT2D eigenvalue weighted by molar-refractivity contribution is 5.76. The molecule has 1 N–H and O–H groups in total. The fourth-order valence-corrected chi connectivity index (χ4v) is 2.99. The van der Waals surface area contributed by atoms with E-state index < -0.39 is 0 Å². The van der Waals surface area contributed by atoms with E-state index in [1.165, 1.54) is 0 Å². The number of aromatic nitrogens is 3. The number of carbonyl (C=O) groups is 1. The van der Waals surface area contributed by atoms with Crippen LogP contribution < -0.4 is 5.32 Å². The number of hydrogen-bond donors (Lipinski definition) is 1. The van der Waals surface area contributed by atoms with Gasteiger partial charge in [0.25, 0.3) is 0 Å². The van der Waals surface area contributed by atoms with Gasteiger partial charge in [0.15, 0.2) is 0 Å². The second-order valence-corrected chi connectivity index (χ2v) is 6.27. The molecule has 1 atom stereocenters. The molecule has 3 rings (SSSR count). The van der Waals surface area contributed by atoms with Crippen LogP contribution in [0.2, 0.25) is 0 Å². The molecule has 1 fully saturated rings. The molecule has 1 aliphatic heterocycles. The fourth-order valence-electron chi connectivity index (χ4n) is 2.99. The molecule has 1 unspecified atom stereocenters. The Balaban J connectivity index is 1.56. The molecule has 0 saturated carbocycles. The summed E-state index contributed by atoms with van der Waals surface area (Å²) in [6.45, 7) is 5.52. The zero-order chi connectivity index (χ0) is 17.6. The molecule has 2 aromatic rings. The van der Waals surface area contributed by atoms with Gasteiger partial charge in [0.05, 0.1) is 19.3 Å². The van der Waals surface area contributed by atoms with Crippen molar-refractivity contribution in [1.29, 1.82) is 0 Å². The summed E-state index contributed by atoms with van der Waals surface area (Å²) < 4.78 is 13.1. The average molecular weight is 347 g/mol. The molecule has 8 heteroatoms. The molecule has 1 amide bonds. The first-order valence-electron chi connectivity index (χ1n) is 8.61. The van der Waals surface area contributed by atoms with Gasteiger partial charge in [0.2, 0.25) is 5.91 Å². The Morgan fingerprint density at radius 1 is 1.36 bits per heavy atom. The van der Waals surface area contributed by atoms with Crippen molar-refractivity contribution in [3.05, 3.63) is 35.8 Å². The van der Waals surface area contributed by atoms with Crippen LogP contribution in [0.1, 0.15) is 29.8 Å². The van der Waals surface area contributed by atoms with Crippen LogP contribution in [0.4, 0.5) is 0 Å². The van der Waals surface area contributed by atoms with E-state index in [2.05, 4.69) is 20.4 Å². The van der Waals surface area contributed by atoms with Crippen molar-refractivity contribution in [1.82, 2.24) is 25.0 Å². The smallest absolute Gasteiger partial charge is 0.220 e. The monoisotopic (exact) mass is 347 g/mol. The third-order valence-electron chi connectivity index (χ3n) is 4.45. The number of hydrogen-bond acceptors (Lipinski definition) is 6. The summed E-state index contributed by atoms with van der Waals surface area (Å²) in [6, 6.07) is 3.97. The van der Waals surface area contributed by atoms with Crippen LogP contribution in [0.3, 0.4) is 0 Å². The minimum Gasteiger partial charge on any atom is -0.465 e. The van der Waals surface area contributed by atoms with E-state index in [-0.39, 0.29) is 11.9 Å². The van der Waals surface area contributed by atoms with Crippen molar-refractivity contribution >= 4 is 5.91 Å². The van der Waals surface area contributed by atoms with Gasteiger partial charge in [-0.05, 0) is 19.1 Å². The van der Waals surface area contributed by atoms with Gasteiger partial charge in [-0.2, -0.15) is 0 Å². The minimum absolute atomic E-state index is 0.00420. The highest BCUT2D eigenvalue weighted by atomic mass is 16.5. The Morgan fingerprint density at radius 3 is 2.80 bits per heavy atom. The van der Waals surface area contributed by atoms with Crippen molar-refractivity contribution in [3.8, 4) is 0 Å². The first-order valence-corrected chi connectivity index (χ1v) is 8.61. The van der Waals surface area contributed by atoms with Gasteiger partial charge in [0.1, 0.15) is 23.7 Å². The molecule has 8 nitrogen and oxygen atoms in total. The molecule has 3 heterocycles. The Kier molecular flexibility index (Phi) is 5.83. The molecular weight excluding hydrogens is 322 g/mol. The van der Waals surface area contributed by atoms with Crippen LogP contribution >= 0.6 is 0 Å². The van der Waals surface area contributed by atoms with Gasteiger partial charge in [-0.15, -0.1) is 10.2 Å². The van der Waals surface area contributed by atoms with Crippen molar-refractivity contribution in [3.63, 3.8) is 0 Å². The molecule has 0 spiro atoms. The quantitative estimate of drug-likeness (QED) is 0.799. The Morgan fingerprint density at radius 2 is 2.16 bits per heavy atom. The number of aryl methyl sites for hydroxylation is 3. The lowest BCUT2D eigenvalue weighted by Crippen LogP contribution is -2.43. The summed E-state index contributed by atoms with van der Waals surface area (Å²) in [5.41, 5.74) is 0. The van der Waals surface area contributed by atoms with Crippen molar-refractivity contribution in [2.75, 3.05) is 32.8 Å². The van der Waals surface area contributed by atoms with Crippen molar-refractivity contribution < 1.29 is 13.9 Å². The Bertz CT molecular complexity index is 690. The molecule has 0 aromatic carbocycles. The van der Waals surface area contributed by atoms with Gasteiger partial charge in [-0.3, -0.25) is 9.69 Å². The third-order valence-corrected chi connectivity index (χ3v) is 4.45. The Hall–Kier alpha value is -2.19. The summed E-state index contributed by atoms with van der Waals surface area (Å²) in [5.74, 6) is 2.57. The van der Waals surface area contributed by atoms with E-state index in [1.807, 2.05) is 30.7 Å². The van der Waals surface area contributed by atoms with Gasteiger partial charge >= 0.3 is 0 Å². The number of nitrogens with zero attached hydrogens (tertiary/aromatic N) is 4. The molecule has 0 bridgehead atoms. The topological polar surface area (TPSA) is 85.4 Å². The summed E-state index contributed by atoms with van der Waals surface area (Å²) in [6.07, 6.45) is 2.60. The average Bonchev–Trinajstić information content (AvgIpc) is 3.22. The van der Waals surface area contributed by atoms with E-state index >= 15 is 0 Å². The normalized spacial score (nSPS) is 16.7. The molecule has 0 radical (unpaired) electrons. The van der Waals surface area contributed by atoms with E-state index in [0.717, 1.165) is 30.4 Å². The van der Waals surface area contributed by atoms with Gasteiger partial charge in [-0.1, -0.05) is 0 Å². The second kappa shape index (κ2) is 8.26. The van der Waals surface area contributed by atoms with Crippen molar-refractivity contribution in [2.45, 2.75) is 25.8 Å². The van der Waals surface area contributed by atoms with Crippen LogP contribution in [0.25, 0.3) is 0 Å². The molecule has 2 aromatic heterocycles. The van der Waals surface area contributed by atoms with Crippen molar-refractivity contribution in [2.24, 2.45) is 7.05 Å². The second-order valence-electron chi connectivity index (χ2n) is 6.27. The van der Waals surface area contributed by atoms with E-state index in [9.17, 15) is 4.79 Å². The number of furan rings is 1. The summed E-state index contributed by atoms with van der Waals surface area (Å²) in [4.78, 5) is 14.5. The zero-order valence-electron chi connectivity index (χ0n) is 14.8. The van der Waals surface area contributed by atoms with Crippen LogP contribution in [0.15, 0.2) is 22.9 Å². The minimum atomic E-state index is 0.00420. The molecule has 1 saturated heterocycles. The molecule has 1 aliphatic rings. The molecular formula is C17H25N5O3. The van der Waals surface area contributed by atoms with Gasteiger partial charge in [-0.25, -0.2) is 0 Å². The molecule has 25 heavy (non-hydrogen) atoms. The maximum atomic E-state index is 12.2. The van der Waals surface area contributed by atoms with E-state index in [0.29, 0.717) is 32.6 Å². The number of carbonyl (C=O) groups excluding carboxylic acids is 1. The van der Waals surface area contributed by atoms with E-state index in [1.54, 1.807) is 6.33 Å². The standard InChI is InChI=1S/C17H25N5O3/c1-13-3-4-15(25-13)14(22-7-9-24-10-8-22)11-18-17(23)6-5-16-20-19-12-21(16)2/h3-4,12,14H,5-11H2,1-2H3,(H,18,23). The zero-order valence-corrected chi connectivity index (χ0v) is 14.8. The molecule has 0 aliphatic carbocycles. The number of nitrogens with one attached hydrogen (secondary N) is 1. The highest BCUT2D eigenvalue weighted by Crippen LogP contribution is 2.23. The first-order chi connectivity index (χ1) is 12.1. The first kappa shape index (κ1) is 17.6. The number of ether oxygens (including phenoxy) is 1. The van der Waals surface area contributed by atoms with E-state index in [4.69, 9.17) is 9.15 Å². The predicted octanol–water partition coefficient (Wildman–Crippen LogP) is 0.839. The third kappa shape index (κ3) is 4.67.